The highest BCUT2D eigenvalue weighted by Crippen LogP contribution is 2.30. The van der Waals surface area contributed by atoms with Crippen LogP contribution >= 0.6 is 11.8 Å². The summed E-state index contributed by atoms with van der Waals surface area (Å²) >= 11 is 1.49. The van der Waals surface area contributed by atoms with Gasteiger partial charge in [-0.2, -0.15) is 13.2 Å². The third kappa shape index (κ3) is 4.02. The number of alkyl halides is 3. The van der Waals surface area contributed by atoms with Crippen molar-refractivity contribution in [3.63, 3.8) is 0 Å². The minimum absolute atomic E-state index is 0.504. The smallest absolute Gasteiger partial charge is 0.360 e. The molecule has 1 heterocycles. The number of hydrogen-bond acceptors (Lipinski definition) is 3. The summed E-state index contributed by atoms with van der Waals surface area (Å²) in [4.78, 5) is 0. The van der Waals surface area contributed by atoms with E-state index in [0.717, 1.165) is 17.5 Å². The van der Waals surface area contributed by atoms with Crippen LogP contribution < -0.4 is 0 Å². The molecule has 0 N–H and O–H groups in total. The van der Waals surface area contributed by atoms with Gasteiger partial charge in [-0.3, -0.25) is 0 Å². The van der Waals surface area contributed by atoms with Crippen LogP contribution in [0.5, 0.6) is 0 Å². The van der Waals surface area contributed by atoms with Crippen LogP contribution in [0.2, 0.25) is 0 Å². The zero-order valence-electron chi connectivity index (χ0n) is 10.2. The minimum Gasteiger partial charge on any atom is -0.360 e. The van der Waals surface area contributed by atoms with Crippen LogP contribution in [0.15, 0.2) is 34.9 Å². The molecule has 0 atom stereocenters. The summed E-state index contributed by atoms with van der Waals surface area (Å²) in [7, 11) is 0. The topological polar surface area (TPSA) is 26.0 Å². The van der Waals surface area contributed by atoms with Gasteiger partial charge in [0, 0.05) is 11.8 Å². The van der Waals surface area contributed by atoms with E-state index in [1.165, 1.54) is 23.9 Å². The first kappa shape index (κ1) is 14.0. The van der Waals surface area contributed by atoms with Crippen LogP contribution in [-0.4, -0.2) is 5.16 Å². The van der Waals surface area contributed by atoms with Gasteiger partial charge in [0.25, 0.3) is 0 Å². The lowest BCUT2D eigenvalue weighted by Crippen LogP contribution is -2.04. The molecule has 2 aromatic rings. The van der Waals surface area contributed by atoms with Crippen molar-refractivity contribution in [2.45, 2.75) is 24.6 Å². The molecule has 0 aliphatic rings. The molecular weight excluding hydrogens is 275 g/mol. The van der Waals surface area contributed by atoms with E-state index in [1.54, 1.807) is 6.07 Å². The van der Waals surface area contributed by atoms with Crippen molar-refractivity contribution in [1.29, 1.82) is 0 Å². The number of nitrogens with zero attached hydrogens (tertiary/aromatic N) is 1. The summed E-state index contributed by atoms with van der Waals surface area (Å²) in [5.74, 6) is 1.83. The first-order chi connectivity index (χ1) is 8.95. The van der Waals surface area contributed by atoms with E-state index in [4.69, 9.17) is 4.52 Å². The molecule has 2 rings (SSSR count). The van der Waals surface area contributed by atoms with Gasteiger partial charge < -0.3 is 4.52 Å². The van der Waals surface area contributed by atoms with Gasteiger partial charge in [-0.25, -0.2) is 0 Å². The maximum atomic E-state index is 12.5. The van der Waals surface area contributed by atoms with Crippen molar-refractivity contribution < 1.29 is 17.7 Å². The van der Waals surface area contributed by atoms with Crippen molar-refractivity contribution in [2.24, 2.45) is 0 Å². The standard InChI is InChI=1S/C13H12F3NOS/c1-9-5-12(18-17-9)8-19-7-10-3-2-4-11(6-10)13(14,15)16/h2-6H,7-8H2,1H3. The second-order valence-electron chi connectivity index (χ2n) is 4.13. The first-order valence-corrected chi connectivity index (χ1v) is 6.77. The zero-order chi connectivity index (χ0) is 13.9. The van der Waals surface area contributed by atoms with Gasteiger partial charge >= 0.3 is 6.18 Å². The predicted octanol–water partition coefficient (Wildman–Crippen LogP) is 4.44. The van der Waals surface area contributed by atoms with Gasteiger partial charge in [-0.15, -0.1) is 11.8 Å². The third-order valence-electron chi connectivity index (χ3n) is 2.44. The Morgan fingerprint density at radius 1 is 1.21 bits per heavy atom. The van der Waals surface area contributed by atoms with E-state index < -0.39 is 11.7 Å². The number of halogens is 3. The maximum Gasteiger partial charge on any atom is 0.416 e. The Bertz CT molecular complexity index is 551. The van der Waals surface area contributed by atoms with Gasteiger partial charge in [-0.1, -0.05) is 23.4 Å². The molecule has 0 spiro atoms. The number of thioether (sulfide) groups is 1. The molecule has 0 bridgehead atoms. The molecule has 0 radical (unpaired) electrons. The second-order valence-corrected chi connectivity index (χ2v) is 5.11. The average molecular weight is 287 g/mol. The summed E-state index contributed by atoms with van der Waals surface area (Å²) in [6.07, 6.45) is -4.29. The Hall–Kier alpha value is -1.43. The molecule has 19 heavy (non-hydrogen) atoms. The normalized spacial score (nSPS) is 11.8. The van der Waals surface area contributed by atoms with Crippen LogP contribution in [-0.2, 0) is 17.7 Å². The van der Waals surface area contributed by atoms with Crippen molar-refractivity contribution in [3.8, 4) is 0 Å². The van der Waals surface area contributed by atoms with Gasteiger partial charge in [0.15, 0.2) is 0 Å². The van der Waals surface area contributed by atoms with E-state index in [1.807, 2.05) is 13.0 Å². The predicted molar refractivity (Wildman–Crippen MR) is 67.7 cm³/mol. The molecule has 6 heteroatoms. The summed E-state index contributed by atoms with van der Waals surface area (Å²) in [5.41, 5.74) is 0.840. The average Bonchev–Trinajstić information content (AvgIpc) is 2.74. The molecule has 0 fully saturated rings. The summed E-state index contributed by atoms with van der Waals surface area (Å²) in [6, 6.07) is 7.19. The van der Waals surface area contributed by atoms with E-state index in [9.17, 15) is 13.2 Å². The van der Waals surface area contributed by atoms with Crippen LogP contribution in [0.25, 0.3) is 0 Å². The molecule has 0 aliphatic heterocycles. The van der Waals surface area contributed by atoms with Crippen molar-refractivity contribution in [1.82, 2.24) is 5.16 Å². The fourth-order valence-electron chi connectivity index (χ4n) is 1.59. The molecule has 102 valence electrons. The van der Waals surface area contributed by atoms with Gasteiger partial charge in [0.2, 0.25) is 0 Å². The lowest BCUT2D eigenvalue weighted by Gasteiger charge is -2.08. The number of benzene rings is 1. The van der Waals surface area contributed by atoms with E-state index in [0.29, 0.717) is 17.1 Å². The van der Waals surface area contributed by atoms with E-state index in [2.05, 4.69) is 5.16 Å². The number of aryl methyl sites for hydroxylation is 1. The van der Waals surface area contributed by atoms with Crippen LogP contribution in [0, 0.1) is 6.92 Å². The quantitative estimate of drug-likeness (QED) is 0.831. The molecule has 0 aliphatic carbocycles. The Kier molecular flexibility index (Phi) is 4.19. The SMILES string of the molecule is Cc1cc(CSCc2cccc(C(F)(F)F)c2)on1. The highest BCUT2D eigenvalue weighted by Gasteiger charge is 2.30. The monoisotopic (exact) mass is 287 g/mol. The highest BCUT2D eigenvalue weighted by molar-refractivity contribution is 7.97. The summed E-state index contributed by atoms with van der Waals surface area (Å²) in [5, 5.41) is 3.75. The van der Waals surface area contributed by atoms with Crippen LogP contribution in [0.1, 0.15) is 22.6 Å². The first-order valence-electron chi connectivity index (χ1n) is 5.61. The minimum atomic E-state index is -4.29. The molecule has 0 saturated carbocycles. The lowest BCUT2D eigenvalue weighted by molar-refractivity contribution is -0.137. The number of hydrogen-bond donors (Lipinski definition) is 0. The molecule has 1 aromatic carbocycles. The van der Waals surface area contributed by atoms with Gasteiger partial charge in [0.05, 0.1) is 17.0 Å². The zero-order valence-corrected chi connectivity index (χ0v) is 11.0. The Balaban J connectivity index is 1.93. The summed E-state index contributed by atoms with van der Waals surface area (Å²) in [6.45, 7) is 1.82. The van der Waals surface area contributed by atoms with Gasteiger partial charge in [0.1, 0.15) is 5.76 Å². The highest BCUT2D eigenvalue weighted by atomic mass is 32.2. The molecule has 2 nitrogen and oxygen atoms in total. The van der Waals surface area contributed by atoms with Crippen LogP contribution in [0.4, 0.5) is 13.2 Å². The Labute approximate surface area is 113 Å². The van der Waals surface area contributed by atoms with Crippen molar-refractivity contribution in [2.75, 3.05) is 0 Å². The molecule has 1 aromatic heterocycles. The largest absolute Gasteiger partial charge is 0.416 e. The molecule has 0 amide bonds. The summed E-state index contributed by atoms with van der Waals surface area (Å²) < 4.78 is 42.6. The number of rotatable bonds is 4. The Morgan fingerprint density at radius 3 is 2.63 bits per heavy atom. The fourth-order valence-corrected chi connectivity index (χ4v) is 2.45. The molecular formula is C13H12F3NOS. The second kappa shape index (κ2) is 5.69. The maximum absolute atomic E-state index is 12.5. The Morgan fingerprint density at radius 2 is 2.00 bits per heavy atom. The lowest BCUT2D eigenvalue weighted by atomic mass is 10.1. The van der Waals surface area contributed by atoms with E-state index >= 15 is 0 Å². The van der Waals surface area contributed by atoms with Crippen molar-refractivity contribution >= 4 is 11.8 Å². The molecule has 0 unspecified atom stereocenters. The molecule has 0 saturated heterocycles. The fraction of sp³-hybridized carbons (Fsp3) is 0.308. The third-order valence-corrected chi connectivity index (χ3v) is 3.47. The van der Waals surface area contributed by atoms with Crippen LogP contribution in [0.3, 0.4) is 0 Å². The number of aromatic nitrogens is 1. The van der Waals surface area contributed by atoms with Gasteiger partial charge in [-0.05, 0) is 18.6 Å². The van der Waals surface area contributed by atoms with E-state index in [-0.39, 0.29) is 0 Å². The van der Waals surface area contributed by atoms with Crippen molar-refractivity contribution in [3.05, 3.63) is 52.9 Å².